The first kappa shape index (κ1) is 17.7. The van der Waals surface area contributed by atoms with Gasteiger partial charge < -0.3 is 9.73 Å². The monoisotopic (exact) mass is 363 g/mol. The third-order valence-corrected chi connectivity index (χ3v) is 3.89. The van der Waals surface area contributed by atoms with E-state index in [2.05, 4.69) is 15.6 Å². The van der Waals surface area contributed by atoms with Crippen LogP contribution in [-0.2, 0) is 20.8 Å². The van der Waals surface area contributed by atoms with Crippen LogP contribution in [0.15, 0.2) is 28.8 Å². The maximum absolute atomic E-state index is 13.7. The number of amides is 3. The average Bonchev–Trinajstić information content (AvgIpc) is 3.04. The molecule has 7 nitrogen and oxygen atoms in total. The molecule has 0 radical (unpaired) electrons. The highest BCUT2D eigenvalue weighted by molar-refractivity contribution is 6.01. The lowest BCUT2D eigenvalue weighted by atomic mass is 10.1. The fourth-order valence-electron chi connectivity index (χ4n) is 2.56. The molecule has 2 aromatic rings. The van der Waals surface area contributed by atoms with E-state index in [1.54, 1.807) is 0 Å². The number of oxazole rings is 1. The molecule has 1 aliphatic rings. The van der Waals surface area contributed by atoms with Gasteiger partial charge in [-0.05, 0) is 18.6 Å². The van der Waals surface area contributed by atoms with Gasteiger partial charge in [-0.15, -0.1) is 0 Å². The highest BCUT2D eigenvalue weighted by atomic mass is 19.1. The molecule has 0 aliphatic carbocycles. The molecule has 1 aromatic carbocycles. The predicted molar refractivity (Wildman–Crippen MR) is 84.5 cm³/mol. The second kappa shape index (κ2) is 7.42. The first-order chi connectivity index (χ1) is 12.4. The van der Waals surface area contributed by atoms with Crippen LogP contribution in [0.4, 0.5) is 8.78 Å². The Morgan fingerprint density at radius 2 is 2.15 bits per heavy atom. The molecule has 1 atom stereocenters. The molecule has 2 N–H and O–H groups in total. The van der Waals surface area contributed by atoms with Crippen LogP contribution >= 0.6 is 0 Å². The van der Waals surface area contributed by atoms with Crippen LogP contribution in [0.2, 0.25) is 0 Å². The fourth-order valence-corrected chi connectivity index (χ4v) is 2.56. The molecule has 2 heterocycles. The Labute approximate surface area is 146 Å². The summed E-state index contributed by atoms with van der Waals surface area (Å²) < 4.78 is 32.1. The lowest BCUT2D eigenvalue weighted by molar-refractivity contribution is -0.137. The Morgan fingerprint density at radius 3 is 2.88 bits per heavy atom. The van der Waals surface area contributed by atoms with Gasteiger partial charge in [0.1, 0.15) is 17.7 Å². The number of hydrogen-bond donors (Lipinski definition) is 2. The van der Waals surface area contributed by atoms with E-state index in [9.17, 15) is 23.2 Å². The Morgan fingerprint density at radius 1 is 1.35 bits per heavy atom. The van der Waals surface area contributed by atoms with Crippen LogP contribution in [0.5, 0.6) is 0 Å². The SMILES string of the molecule is O=C1CCC(NC(=O)CCc2ncc(-c3ccc(F)cc3F)o2)C(=O)N1. The average molecular weight is 363 g/mol. The van der Waals surface area contributed by atoms with Gasteiger partial charge in [0, 0.05) is 25.3 Å². The van der Waals surface area contributed by atoms with Crippen molar-refractivity contribution < 1.29 is 27.6 Å². The first-order valence-corrected chi connectivity index (χ1v) is 7.95. The highest BCUT2D eigenvalue weighted by Gasteiger charge is 2.27. The summed E-state index contributed by atoms with van der Waals surface area (Å²) in [6.45, 7) is 0. The number of rotatable bonds is 5. The lowest BCUT2D eigenvalue weighted by Gasteiger charge is -2.21. The number of nitrogens with one attached hydrogen (secondary N) is 2. The Balaban J connectivity index is 1.55. The molecule has 3 rings (SSSR count). The molecule has 26 heavy (non-hydrogen) atoms. The lowest BCUT2D eigenvalue weighted by Crippen LogP contribution is -2.52. The van der Waals surface area contributed by atoms with Crippen molar-refractivity contribution in [1.29, 1.82) is 0 Å². The number of piperidine rings is 1. The molecule has 3 amide bonds. The van der Waals surface area contributed by atoms with Crippen molar-refractivity contribution in [2.75, 3.05) is 0 Å². The van der Waals surface area contributed by atoms with Crippen LogP contribution < -0.4 is 10.6 Å². The molecule has 1 saturated heterocycles. The molecular weight excluding hydrogens is 348 g/mol. The van der Waals surface area contributed by atoms with Gasteiger partial charge in [0.05, 0.1) is 11.8 Å². The van der Waals surface area contributed by atoms with Gasteiger partial charge in [0.15, 0.2) is 11.7 Å². The van der Waals surface area contributed by atoms with Crippen LogP contribution in [-0.4, -0.2) is 28.7 Å². The van der Waals surface area contributed by atoms with Crippen molar-refractivity contribution in [2.45, 2.75) is 31.7 Å². The standard InChI is InChI=1S/C17H15F2N3O4/c18-9-1-2-10(11(19)7-9)13-8-20-16(26-13)6-5-14(23)21-12-3-4-15(24)22-17(12)25/h1-2,7-8,12H,3-6H2,(H,21,23)(H,22,24,25). The van der Waals surface area contributed by atoms with E-state index in [0.29, 0.717) is 0 Å². The second-order valence-electron chi connectivity index (χ2n) is 5.81. The molecule has 1 aliphatic heterocycles. The number of halogens is 2. The number of hydrogen-bond acceptors (Lipinski definition) is 5. The maximum Gasteiger partial charge on any atom is 0.249 e. The molecule has 9 heteroatoms. The number of aromatic nitrogens is 1. The minimum absolute atomic E-state index is 0.00355. The molecule has 0 saturated carbocycles. The Hall–Kier alpha value is -3.10. The summed E-state index contributed by atoms with van der Waals surface area (Å²) in [5, 5.41) is 4.69. The summed E-state index contributed by atoms with van der Waals surface area (Å²) in [5.74, 6) is -2.42. The van der Waals surface area contributed by atoms with Crippen LogP contribution in [0.25, 0.3) is 11.3 Å². The number of benzene rings is 1. The number of carbonyl (C=O) groups is 3. The van der Waals surface area contributed by atoms with Crippen LogP contribution in [0.3, 0.4) is 0 Å². The zero-order valence-electron chi connectivity index (χ0n) is 13.6. The van der Waals surface area contributed by atoms with Crippen LogP contribution in [0.1, 0.15) is 25.2 Å². The van der Waals surface area contributed by atoms with Gasteiger partial charge in [-0.3, -0.25) is 19.7 Å². The van der Waals surface area contributed by atoms with E-state index < -0.39 is 29.5 Å². The van der Waals surface area contributed by atoms with Crippen molar-refractivity contribution in [3.8, 4) is 11.3 Å². The summed E-state index contributed by atoms with van der Waals surface area (Å²) in [7, 11) is 0. The van der Waals surface area contributed by atoms with E-state index in [-0.39, 0.29) is 48.8 Å². The third kappa shape index (κ3) is 4.11. The van der Waals surface area contributed by atoms with E-state index >= 15 is 0 Å². The normalized spacial score (nSPS) is 17.1. The zero-order chi connectivity index (χ0) is 18.7. The van der Waals surface area contributed by atoms with Gasteiger partial charge in [0.2, 0.25) is 17.7 Å². The maximum atomic E-state index is 13.7. The van der Waals surface area contributed by atoms with Crippen molar-refractivity contribution in [1.82, 2.24) is 15.6 Å². The van der Waals surface area contributed by atoms with Gasteiger partial charge in [0.25, 0.3) is 0 Å². The number of nitrogens with zero attached hydrogens (tertiary/aromatic N) is 1. The number of imide groups is 1. The van der Waals surface area contributed by atoms with Crippen molar-refractivity contribution in [3.05, 3.63) is 41.9 Å². The largest absolute Gasteiger partial charge is 0.441 e. The minimum atomic E-state index is -0.775. The van der Waals surface area contributed by atoms with Gasteiger partial charge in [-0.2, -0.15) is 0 Å². The summed E-state index contributed by atoms with van der Waals surface area (Å²) in [6.07, 6.45) is 1.86. The third-order valence-electron chi connectivity index (χ3n) is 3.89. The highest BCUT2D eigenvalue weighted by Crippen LogP contribution is 2.24. The summed E-state index contributed by atoms with van der Waals surface area (Å²) in [5.41, 5.74) is 0.0677. The fraction of sp³-hybridized carbons (Fsp3) is 0.294. The first-order valence-electron chi connectivity index (χ1n) is 7.95. The summed E-state index contributed by atoms with van der Waals surface area (Å²) >= 11 is 0. The summed E-state index contributed by atoms with van der Waals surface area (Å²) in [6, 6.07) is 2.34. The van der Waals surface area contributed by atoms with E-state index in [1.165, 1.54) is 12.3 Å². The molecule has 1 fully saturated rings. The van der Waals surface area contributed by atoms with E-state index in [0.717, 1.165) is 12.1 Å². The van der Waals surface area contributed by atoms with Crippen LogP contribution in [0, 0.1) is 11.6 Å². The van der Waals surface area contributed by atoms with Crippen molar-refractivity contribution in [2.24, 2.45) is 0 Å². The summed E-state index contributed by atoms with van der Waals surface area (Å²) in [4.78, 5) is 38.6. The van der Waals surface area contributed by atoms with Gasteiger partial charge >= 0.3 is 0 Å². The molecular formula is C17H15F2N3O4. The smallest absolute Gasteiger partial charge is 0.249 e. The Bertz CT molecular complexity index is 865. The molecule has 0 spiro atoms. The predicted octanol–water partition coefficient (Wildman–Crippen LogP) is 1.47. The zero-order valence-corrected chi connectivity index (χ0v) is 13.6. The molecule has 1 aromatic heterocycles. The van der Waals surface area contributed by atoms with E-state index in [1.807, 2.05) is 0 Å². The minimum Gasteiger partial charge on any atom is -0.441 e. The second-order valence-corrected chi connectivity index (χ2v) is 5.81. The van der Waals surface area contributed by atoms with Crippen molar-refractivity contribution in [3.63, 3.8) is 0 Å². The molecule has 0 bridgehead atoms. The topological polar surface area (TPSA) is 101 Å². The van der Waals surface area contributed by atoms with E-state index in [4.69, 9.17) is 4.42 Å². The molecule has 1 unspecified atom stereocenters. The van der Waals surface area contributed by atoms with Gasteiger partial charge in [-0.25, -0.2) is 13.8 Å². The van der Waals surface area contributed by atoms with Crippen molar-refractivity contribution >= 4 is 17.7 Å². The molecule has 136 valence electrons. The number of aryl methyl sites for hydroxylation is 1. The quantitative estimate of drug-likeness (QED) is 0.784. The van der Waals surface area contributed by atoms with Gasteiger partial charge in [-0.1, -0.05) is 0 Å². The number of carbonyl (C=O) groups excluding carboxylic acids is 3. The Kier molecular flexibility index (Phi) is 5.06.